The molecule has 104 valence electrons. The van der Waals surface area contributed by atoms with E-state index in [1.54, 1.807) is 11.0 Å². The summed E-state index contributed by atoms with van der Waals surface area (Å²) >= 11 is 0. The first-order valence-electron chi connectivity index (χ1n) is 6.85. The van der Waals surface area contributed by atoms with E-state index >= 15 is 0 Å². The molecule has 0 radical (unpaired) electrons. The molecule has 2 rings (SSSR count). The molecule has 1 heterocycles. The predicted octanol–water partition coefficient (Wildman–Crippen LogP) is 1.85. The fraction of sp³-hybridized carbons (Fsp3) is 0.467. The van der Waals surface area contributed by atoms with E-state index in [1.165, 1.54) is 0 Å². The highest BCUT2D eigenvalue weighted by molar-refractivity contribution is 5.97. The molecule has 1 saturated heterocycles. The van der Waals surface area contributed by atoms with Gasteiger partial charge in [0.15, 0.2) is 0 Å². The molecule has 19 heavy (non-hydrogen) atoms. The average molecular weight is 262 g/mol. The van der Waals surface area contributed by atoms with E-state index in [1.807, 2.05) is 32.0 Å². The molecule has 0 aliphatic carbocycles. The summed E-state index contributed by atoms with van der Waals surface area (Å²) in [5, 5.41) is 2.71. The zero-order valence-electron chi connectivity index (χ0n) is 11.9. The smallest absolute Gasteiger partial charge is 0.254 e. The summed E-state index contributed by atoms with van der Waals surface area (Å²) < 4.78 is 0. The molecule has 0 bridgehead atoms. The molecule has 1 aliphatic heterocycles. The van der Waals surface area contributed by atoms with Gasteiger partial charge in [-0.15, -0.1) is 0 Å². The maximum atomic E-state index is 12.2. The van der Waals surface area contributed by atoms with Gasteiger partial charge in [0.2, 0.25) is 5.91 Å². The SMILES string of the molecule is CC.CCc1cccc(C(=O)N2CCNC(=O)C2)c1. The summed E-state index contributed by atoms with van der Waals surface area (Å²) in [7, 11) is 0. The molecule has 0 aromatic heterocycles. The van der Waals surface area contributed by atoms with Crippen molar-refractivity contribution in [1.29, 1.82) is 0 Å². The van der Waals surface area contributed by atoms with E-state index in [0.29, 0.717) is 18.7 Å². The van der Waals surface area contributed by atoms with Gasteiger partial charge in [0, 0.05) is 18.7 Å². The Morgan fingerprint density at radius 2 is 2.11 bits per heavy atom. The minimum absolute atomic E-state index is 0.0600. The van der Waals surface area contributed by atoms with E-state index < -0.39 is 0 Å². The molecule has 4 nitrogen and oxygen atoms in total. The van der Waals surface area contributed by atoms with Crippen LogP contribution in [0.15, 0.2) is 24.3 Å². The Morgan fingerprint density at radius 1 is 1.37 bits per heavy atom. The van der Waals surface area contributed by atoms with E-state index in [4.69, 9.17) is 0 Å². The Hall–Kier alpha value is -1.84. The molecule has 1 N–H and O–H groups in total. The highest BCUT2D eigenvalue weighted by Gasteiger charge is 2.22. The maximum Gasteiger partial charge on any atom is 0.254 e. The molecule has 1 aliphatic rings. The molecule has 0 unspecified atom stereocenters. The second kappa shape index (κ2) is 7.56. The van der Waals surface area contributed by atoms with Crippen molar-refractivity contribution in [3.05, 3.63) is 35.4 Å². The number of nitrogens with one attached hydrogen (secondary N) is 1. The van der Waals surface area contributed by atoms with Crippen LogP contribution in [0.4, 0.5) is 0 Å². The third kappa shape index (κ3) is 4.09. The monoisotopic (exact) mass is 262 g/mol. The molecular weight excluding hydrogens is 240 g/mol. The van der Waals surface area contributed by atoms with Crippen molar-refractivity contribution in [2.45, 2.75) is 27.2 Å². The summed E-state index contributed by atoms with van der Waals surface area (Å²) in [6, 6.07) is 7.58. The minimum atomic E-state index is -0.0868. The van der Waals surface area contributed by atoms with Gasteiger partial charge in [-0.25, -0.2) is 0 Å². The number of carbonyl (C=O) groups excluding carboxylic acids is 2. The van der Waals surface area contributed by atoms with E-state index in [-0.39, 0.29) is 18.4 Å². The molecule has 1 fully saturated rings. The quantitative estimate of drug-likeness (QED) is 0.884. The summed E-state index contributed by atoms with van der Waals surface area (Å²) in [6.45, 7) is 7.34. The second-order valence-corrected chi connectivity index (χ2v) is 4.13. The van der Waals surface area contributed by atoms with Gasteiger partial charge >= 0.3 is 0 Å². The topological polar surface area (TPSA) is 49.4 Å². The van der Waals surface area contributed by atoms with Crippen LogP contribution >= 0.6 is 0 Å². The fourth-order valence-electron chi connectivity index (χ4n) is 1.92. The molecule has 1 aromatic carbocycles. The van der Waals surface area contributed by atoms with E-state index in [0.717, 1.165) is 12.0 Å². The molecule has 2 amide bonds. The van der Waals surface area contributed by atoms with Gasteiger partial charge in [0.1, 0.15) is 0 Å². The summed E-state index contributed by atoms with van der Waals surface area (Å²) in [5.41, 5.74) is 1.80. The van der Waals surface area contributed by atoms with Crippen molar-refractivity contribution < 1.29 is 9.59 Å². The Kier molecular flexibility index (Phi) is 6.06. The largest absolute Gasteiger partial charge is 0.353 e. The zero-order chi connectivity index (χ0) is 14.3. The Morgan fingerprint density at radius 3 is 2.74 bits per heavy atom. The lowest BCUT2D eigenvalue weighted by Crippen LogP contribution is -2.49. The molecule has 0 atom stereocenters. The lowest BCUT2D eigenvalue weighted by atomic mass is 10.1. The fourth-order valence-corrected chi connectivity index (χ4v) is 1.92. The Bertz CT molecular complexity index is 444. The van der Waals surface area contributed by atoms with Crippen LogP contribution in [0.3, 0.4) is 0 Å². The van der Waals surface area contributed by atoms with Crippen LogP contribution in [0.5, 0.6) is 0 Å². The summed E-state index contributed by atoms with van der Waals surface area (Å²) in [5.74, 6) is -0.147. The average Bonchev–Trinajstić information content (AvgIpc) is 2.48. The van der Waals surface area contributed by atoms with Crippen LogP contribution in [-0.4, -0.2) is 36.3 Å². The first-order chi connectivity index (χ1) is 9.20. The lowest BCUT2D eigenvalue weighted by molar-refractivity contribution is -0.123. The normalized spacial score (nSPS) is 14.3. The standard InChI is InChI=1S/C13H16N2O2.C2H6/c1-2-10-4-3-5-11(8-10)13(17)15-7-6-14-12(16)9-15;1-2/h3-5,8H,2,6-7,9H2,1H3,(H,14,16);1-2H3. The highest BCUT2D eigenvalue weighted by atomic mass is 16.2. The van der Waals surface area contributed by atoms with Crippen molar-refractivity contribution in [3.63, 3.8) is 0 Å². The molecular formula is C15H22N2O2. The third-order valence-electron chi connectivity index (χ3n) is 2.91. The van der Waals surface area contributed by atoms with E-state index in [2.05, 4.69) is 12.2 Å². The number of nitrogens with zero attached hydrogens (tertiary/aromatic N) is 1. The van der Waals surface area contributed by atoms with E-state index in [9.17, 15) is 9.59 Å². The van der Waals surface area contributed by atoms with Crippen molar-refractivity contribution >= 4 is 11.8 Å². The van der Waals surface area contributed by atoms with Gasteiger partial charge in [0.05, 0.1) is 6.54 Å². The Balaban J connectivity index is 0.000000861. The van der Waals surface area contributed by atoms with Crippen molar-refractivity contribution in [1.82, 2.24) is 10.2 Å². The van der Waals surface area contributed by atoms with Gasteiger partial charge < -0.3 is 10.2 Å². The van der Waals surface area contributed by atoms with Crippen LogP contribution in [0.2, 0.25) is 0 Å². The molecule has 0 spiro atoms. The lowest BCUT2D eigenvalue weighted by Gasteiger charge is -2.26. The van der Waals surface area contributed by atoms with Crippen LogP contribution in [-0.2, 0) is 11.2 Å². The van der Waals surface area contributed by atoms with Crippen LogP contribution in [0, 0.1) is 0 Å². The first-order valence-corrected chi connectivity index (χ1v) is 6.85. The van der Waals surface area contributed by atoms with Crippen molar-refractivity contribution in [3.8, 4) is 0 Å². The maximum absolute atomic E-state index is 12.2. The van der Waals surface area contributed by atoms with Crippen LogP contribution < -0.4 is 5.32 Å². The molecule has 4 heteroatoms. The zero-order valence-corrected chi connectivity index (χ0v) is 11.9. The number of aryl methyl sites for hydroxylation is 1. The minimum Gasteiger partial charge on any atom is -0.353 e. The third-order valence-corrected chi connectivity index (χ3v) is 2.91. The number of carbonyl (C=O) groups is 2. The number of hydrogen-bond acceptors (Lipinski definition) is 2. The van der Waals surface area contributed by atoms with Crippen molar-refractivity contribution in [2.75, 3.05) is 19.6 Å². The number of amides is 2. The molecule has 0 saturated carbocycles. The first kappa shape index (κ1) is 15.2. The van der Waals surface area contributed by atoms with Crippen LogP contribution in [0.1, 0.15) is 36.7 Å². The highest BCUT2D eigenvalue weighted by Crippen LogP contribution is 2.10. The second-order valence-electron chi connectivity index (χ2n) is 4.13. The van der Waals surface area contributed by atoms with Crippen LogP contribution in [0.25, 0.3) is 0 Å². The Labute approximate surface area is 114 Å². The number of rotatable bonds is 2. The van der Waals surface area contributed by atoms with Crippen molar-refractivity contribution in [2.24, 2.45) is 0 Å². The van der Waals surface area contributed by atoms with Gasteiger partial charge in [-0.1, -0.05) is 32.9 Å². The van der Waals surface area contributed by atoms with Gasteiger partial charge in [-0.2, -0.15) is 0 Å². The summed E-state index contributed by atoms with van der Waals surface area (Å²) in [4.78, 5) is 25.0. The van der Waals surface area contributed by atoms with Gasteiger partial charge in [0.25, 0.3) is 5.91 Å². The van der Waals surface area contributed by atoms with Gasteiger partial charge in [-0.05, 0) is 24.1 Å². The number of hydrogen-bond donors (Lipinski definition) is 1. The molecule has 1 aromatic rings. The van der Waals surface area contributed by atoms with Gasteiger partial charge in [-0.3, -0.25) is 9.59 Å². The predicted molar refractivity (Wildman–Crippen MR) is 76.1 cm³/mol. The number of benzene rings is 1. The summed E-state index contributed by atoms with van der Waals surface area (Å²) in [6.07, 6.45) is 0.904. The number of piperazine rings is 1.